The maximum atomic E-state index is 13.1. The van der Waals surface area contributed by atoms with Gasteiger partial charge in [0.2, 0.25) is 15.0 Å². The number of amides is 1. The smallest absolute Gasteiger partial charge is 0.274 e. The number of benzene rings is 2. The van der Waals surface area contributed by atoms with Crippen LogP contribution in [0, 0.1) is 0 Å². The zero-order chi connectivity index (χ0) is 19.7. The van der Waals surface area contributed by atoms with E-state index in [4.69, 9.17) is 4.74 Å². The SMILES string of the molecule is CCOc1ccc(NC(=O)c2c(-c3ccccc3)nc3n2CCS3(=O)=O)cc1. The minimum Gasteiger partial charge on any atom is -0.494 e. The van der Waals surface area contributed by atoms with Crippen LogP contribution in [0.4, 0.5) is 5.69 Å². The number of hydrogen-bond acceptors (Lipinski definition) is 5. The lowest BCUT2D eigenvalue weighted by Gasteiger charge is -2.10. The van der Waals surface area contributed by atoms with Crippen LogP contribution in [0.5, 0.6) is 5.75 Å². The van der Waals surface area contributed by atoms with Gasteiger partial charge in [-0.1, -0.05) is 30.3 Å². The number of carbonyl (C=O) groups is 1. The average molecular weight is 397 g/mol. The van der Waals surface area contributed by atoms with Gasteiger partial charge < -0.3 is 14.6 Å². The highest BCUT2D eigenvalue weighted by Gasteiger charge is 2.35. The first-order chi connectivity index (χ1) is 13.5. The van der Waals surface area contributed by atoms with Gasteiger partial charge in [-0.2, -0.15) is 0 Å². The Morgan fingerprint density at radius 1 is 1.14 bits per heavy atom. The second-order valence-electron chi connectivity index (χ2n) is 6.34. The van der Waals surface area contributed by atoms with E-state index in [9.17, 15) is 13.2 Å². The fraction of sp³-hybridized carbons (Fsp3) is 0.200. The van der Waals surface area contributed by atoms with E-state index < -0.39 is 15.7 Å². The molecule has 7 nitrogen and oxygen atoms in total. The summed E-state index contributed by atoms with van der Waals surface area (Å²) < 4.78 is 31.5. The minimum absolute atomic E-state index is 0.0479. The number of nitrogens with one attached hydrogen (secondary N) is 1. The Labute approximate surface area is 162 Å². The van der Waals surface area contributed by atoms with Crippen molar-refractivity contribution < 1.29 is 17.9 Å². The highest BCUT2D eigenvalue weighted by atomic mass is 32.2. The van der Waals surface area contributed by atoms with E-state index in [1.54, 1.807) is 36.4 Å². The first-order valence-electron chi connectivity index (χ1n) is 8.92. The van der Waals surface area contributed by atoms with Gasteiger partial charge in [0.15, 0.2) is 0 Å². The molecule has 28 heavy (non-hydrogen) atoms. The molecule has 0 fully saturated rings. The van der Waals surface area contributed by atoms with E-state index in [2.05, 4.69) is 10.3 Å². The Bertz CT molecular complexity index is 1120. The number of rotatable bonds is 5. The maximum Gasteiger partial charge on any atom is 0.274 e. The summed E-state index contributed by atoms with van der Waals surface area (Å²) in [6, 6.07) is 16.1. The number of aromatic nitrogens is 2. The third kappa shape index (κ3) is 3.27. The first kappa shape index (κ1) is 18.2. The third-order valence-electron chi connectivity index (χ3n) is 4.48. The molecule has 1 aliphatic heterocycles. The normalized spacial score (nSPS) is 14.5. The zero-order valence-electron chi connectivity index (χ0n) is 15.3. The molecular formula is C20H19N3O4S. The van der Waals surface area contributed by atoms with Crippen molar-refractivity contribution in [2.45, 2.75) is 18.6 Å². The van der Waals surface area contributed by atoms with E-state index in [1.165, 1.54) is 4.57 Å². The molecule has 3 aromatic rings. The van der Waals surface area contributed by atoms with Gasteiger partial charge >= 0.3 is 0 Å². The van der Waals surface area contributed by atoms with Crippen molar-refractivity contribution >= 4 is 21.4 Å². The van der Waals surface area contributed by atoms with Crippen molar-refractivity contribution in [1.82, 2.24) is 9.55 Å². The molecule has 144 valence electrons. The summed E-state index contributed by atoms with van der Waals surface area (Å²) in [6.45, 7) is 2.67. The van der Waals surface area contributed by atoms with Crippen LogP contribution in [0.25, 0.3) is 11.3 Å². The highest BCUT2D eigenvalue weighted by molar-refractivity contribution is 7.91. The molecule has 0 aliphatic carbocycles. The van der Waals surface area contributed by atoms with Crippen LogP contribution < -0.4 is 10.1 Å². The van der Waals surface area contributed by atoms with Gasteiger partial charge in [0.05, 0.1) is 12.4 Å². The fourth-order valence-corrected chi connectivity index (χ4v) is 4.55. The molecule has 2 heterocycles. The van der Waals surface area contributed by atoms with Crippen LogP contribution in [0.15, 0.2) is 59.8 Å². The van der Waals surface area contributed by atoms with E-state index in [-0.39, 0.29) is 23.1 Å². The van der Waals surface area contributed by atoms with Gasteiger partial charge in [-0.25, -0.2) is 13.4 Å². The summed E-state index contributed by atoms with van der Waals surface area (Å²) in [4.78, 5) is 17.4. The van der Waals surface area contributed by atoms with Crippen molar-refractivity contribution in [3.8, 4) is 17.0 Å². The van der Waals surface area contributed by atoms with Crippen LogP contribution in [-0.2, 0) is 16.4 Å². The van der Waals surface area contributed by atoms with Gasteiger partial charge in [-0.15, -0.1) is 0 Å². The lowest BCUT2D eigenvalue weighted by Crippen LogP contribution is -2.17. The summed E-state index contributed by atoms with van der Waals surface area (Å²) in [5, 5.41) is 2.78. The molecular weight excluding hydrogens is 378 g/mol. The van der Waals surface area contributed by atoms with Gasteiger partial charge in [-0.05, 0) is 31.2 Å². The van der Waals surface area contributed by atoms with Crippen LogP contribution >= 0.6 is 0 Å². The van der Waals surface area contributed by atoms with Crippen LogP contribution in [0.3, 0.4) is 0 Å². The summed E-state index contributed by atoms with van der Waals surface area (Å²) in [6.07, 6.45) is 0. The molecule has 0 unspecified atom stereocenters. The van der Waals surface area contributed by atoms with Crippen molar-refractivity contribution in [3.63, 3.8) is 0 Å². The molecule has 2 aromatic carbocycles. The molecule has 0 radical (unpaired) electrons. The summed E-state index contributed by atoms with van der Waals surface area (Å²) in [5.41, 5.74) is 1.89. The largest absolute Gasteiger partial charge is 0.494 e. The number of sulfone groups is 1. The molecule has 0 saturated carbocycles. The molecule has 0 spiro atoms. The monoisotopic (exact) mass is 397 g/mol. The molecule has 4 rings (SSSR count). The lowest BCUT2D eigenvalue weighted by molar-refractivity contribution is 0.101. The summed E-state index contributed by atoms with van der Waals surface area (Å²) >= 11 is 0. The number of ether oxygens (including phenoxy) is 1. The van der Waals surface area contributed by atoms with Gasteiger partial charge in [0.1, 0.15) is 17.1 Å². The number of carbonyl (C=O) groups excluding carboxylic acids is 1. The molecule has 1 amide bonds. The number of imidazole rings is 1. The second-order valence-corrected chi connectivity index (χ2v) is 8.34. The third-order valence-corrected chi connectivity index (χ3v) is 6.07. The van der Waals surface area contributed by atoms with E-state index in [0.29, 0.717) is 29.3 Å². The van der Waals surface area contributed by atoms with E-state index >= 15 is 0 Å². The van der Waals surface area contributed by atoms with E-state index in [0.717, 1.165) is 0 Å². The Morgan fingerprint density at radius 3 is 2.54 bits per heavy atom. The van der Waals surface area contributed by atoms with Gasteiger partial charge in [0, 0.05) is 17.8 Å². The molecule has 0 saturated heterocycles. The number of hydrogen-bond donors (Lipinski definition) is 1. The quantitative estimate of drug-likeness (QED) is 0.715. The van der Waals surface area contributed by atoms with Gasteiger partial charge in [0.25, 0.3) is 5.91 Å². The molecule has 1 aromatic heterocycles. The van der Waals surface area contributed by atoms with Crippen molar-refractivity contribution in [2.24, 2.45) is 0 Å². The number of anilines is 1. The van der Waals surface area contributed by atoms with E-state index in [1.807, 2.05) is 25.1 Å². The summed E-state index contributed by atoms with van der Waals surface area (Å²) in [5.74, 6) is 0.258. The maximum absolute atomic E-state index is 13.1. The Kier molecular flexibility index (Phi) is 4.64. The highest BCUT2D eigenvalue weighted by Crippen LogP contribution is 2.31. The summed E-state index contributed by atoms with van der Waals surface area (Å²) in [7, 11) is -3.48. The first-order valence-corrected chi connectivity index (χ1v) is 10.6. The van der Waals surface area contributed by atoms with Crippen LogP contribution in [-0.4, -0.2) is 36.2 Å². The van der Waals surface area contributed by atoms with Crippen LogP contribution in [0.1, 0.15) is 17.4 Å². The standard InChI is InChI=1S/C20H19N3O4S/c1-2-27-16-10-8-15(9-11-16)21-19(24)18-17(14-6-4-3-5-7-14)22-20-23(18)12-13-28(20,25)26/h3-11H,2,12-13H2,1H3,(H,21,24). The Balaban J connectivity index is 1.73. The fourth-order valence-electron chi connectivity index (χ4n) is 3.20. The lowest BCUT2D eigenvalue weighted by atomic mass is 10.1. The van der Waals surface area contributed by atoms with Crippen molar-refractivity contribution in [3.05, 3.63) is 60.3 Å². The van der Waals surface area contributed by atoms with Crippen LogP contribution in [0.2, 0.25) is 0 Å². The predicted octanol–water partition coefficient (Wildman–Crippen LogP) is 2.99. The molecule has 0 bridgehead atoms. The average Bonchev–Trinajstić information content (AvgIpc) is 3.22. The predicted molar refractivity (Wildman–Crippen MR) is 105 cm³/mol. The Hall–Kier alpha value is -3.13. The minimum atomic E-state index is -3.48. The topological polar surface area (TPSA) is 90.3 Å². The van der Waals surface area contributed by atoms with Gasteiger partial charge in [-0.3, -0.25) is 4.79 Å². The number of fused-ring (bicyclic) bond motifs is 1. The molecule has 1 N–H and O–H groups in total. The number of nitrogens with zero attached hydrogens (tertiary/aromatic N) is 2. The second kappa shape index (κ2) is 7.12. The zero-order valence-corrected chi connectivity index (χ0v) is 16.1. The molecule has 8 heteroatoms. The molecule has 0 atom stereocenters. The Morgan fingerprint density at radius 2 is 1.86 bits per heavy atom. The molecule has 1 aliphatic rings. The van der Waals surface area contributed by atoms with Crippen molar-refractivity contribution in [2.75, 3.05) is 17.7 Å². The van der Waals surface area contributed by atoms with Crippen molar-refractivity contribution in [1.29, 1.82) is 0 Å².